The molecular weight excluding hydrogens is 384 g/mol. The second-order valence-corrected chi connectivity index (χ2v) is 7.91. The van der Waals surface area contributed by atoms with E-state index in [-0.39, 0.29) is 18.2 Å². The van der Waals surface area contributed by atoms with Crippen LogP contribution in [0.4, 0.5) is 0 Å². The molecule has 0 aliphatic rings. The first-order valence-corrected chi connectivity index (χ1v) is 10.6. The fourth-order valence-electron chi connectivity index (χ4n) is 3.54. The third-order valence-electron chi connectivity index (χ3n) is 4.87. The van der Waals surface area contributed by atoms with Gasteiger partial charge in [0.25, 0.3) is 0 Å². The summed E-state index contributed by atoms with van der Waals surface area (Å²) in [5.74, 6) is -0.191. The number of rotatable bonds is 9. The lowest BCUT2D eigenvalue weighted by molar-refractivity contribution is -0.140. The van der Waals surface area contributed by atoms with E-state index in [2.05, 4.69) is 11.4 Å². The molecule has 0 aliphatic carbocycles. The van der Waals surface area contributed by atoms with E-state index in [1.165, 1.54) is 0 Å². The van der Waals surface area contributed by atoms with Crippen LogP contribution in [0.1, 0.15) is 48.9 Å². The van der Waals surface area contributed by atoms with Crippen molar-refractivity contribution in [3.63, 3.8) is 0 Å². The lowest BCUT2D eigenvalue weighted by Gasteiger charge is -2.31. The summed E-state index contributed by atoms with van der Waals surface area (Å²) in [6, 6.07) is 13.1. The number of carbonyl (C=O) groups excluding carboxylic acids is 2. The zero-order valence-electron chi connectivity index (χ0n) is 17.8. The maximum Gasteiger partial charge on any atom is 0.242 e. The molecule has 0 heterocycles. The van der Waals surface area contributed by atoms with Gasteiger partial charge in [-0.3, -0.25) is 9.59 Å². The Hall–Kier alpha value is -2.33. The van der Waals surface area contributed by atoms with Gasteiger partial charge in [-0.1, -0.05) is 73.0 Å². The molecule has 5 heteroatoms. The summed E-state index contributed by atoms with van der Waals surface area (Å²) in [4.78, 5) is 27.8. The molecule has 0 fully saturated rings. The molecule has 0 saturated carbocycles. The molecule has 1 atom stereocenters. The zero-order valence-corrected chi connectivity index (χ0v) is 18.6. The average Bonchev–Trinajstić information content (AvgIpc) is 2.66. The molecule has 4 nitrogen and oxygen atoms in total. The molecule has 2 amide bonds. The predicted molar refractivity (Wildman–Crippen MR) is 119 cm³/mol. The number of nitrogens with one attached hydrogen (secondary N) is 1. The Balaban J connectivity index is 2.32. The summed E-state index contributed by atoms with van der Waals surface area (Å²) in [7, 11) is 0. The lowest BCUT2D eigenvalue weighted by atomic mass is 10.0. The Morgan fingerprint density at radius 1 is 1.07 bits per heavy atom. The molecule has 0 radical (unpaired) electrons. The summed E-state index contributed by atoms with van der Waals surface area (Å²) < 4.78 is 0. The van der Waals surface area contributed by atoms with Crippen LogP contribution in [-0.2, 0) is 22.6 Å². The minimum absolute atomic E-state index is 0.0755. The van der Waals surface area contributed by atoms with Gasteiger partial charge >= 0.3 is 0 Å². The molecule has 2 rings (SSSR count). The van der Waals surface area contributed by atoms with Gasteiger partial charge in [-0.15, -0.1) is 0 Å². The van der Waals surface area contributed by atoms with Crippen LogP contribution in [-0.4, -0.2) is 29.3 Å². The van der Waals surface area contributed by atoms with Crippen LogP contribution < -0.4 is 5.32 Å². The van der Waals surface area contributed by atoms with Gasteiger partial charge in [0.1, 0.15) is 6.04 Å². The van der Waals surface area contributed by atoms with Gasteiger partial charge < -0.3 is 10.2 Å². The van der Waals surface area contributed by atoms with Gasteiger partial charge in [0.05, 0.1) is 6.42 Å². The van der Waals surface area contributed by atoms with Crippen molar-refractivity contribution in [3.05, 3.63) is 69.7 Å². The molecule has 2 aromatic rings. The van der Waals surface area contributed by atoms with Crippen molar-refractivity contribution >= 4 is 23.4 Å². The van der Waals surface area contributed by atoms with Gasteiger partial charge in [-0.2, -0.15) is 0 Å². The number of benzene rings is 2. The molecule has 0 aromatic heterocycles. The van der Waals surface area contributed by atoms with E-state index in [1.807, 2.05) is 64.1 Å². The molecule has 2 aromatic carbocycles. The van der Waals surface area contributed by atoms with Crippen LogP contribution in [0.3, 0.4) is 0 Å². The zero-order chi connectivity index (χ0) is 21.4. The highest BCUT2D eigenvalue weighted by molar-refractivity contribution is 6.31. The molecule has 0 saturated heterocycles. The smallest absolute Gasteiger partial charge is 0.242 e. The van der Waals surface area contributed by atoms with Crippen LogP contribution in [0, 0.1) is 13.8 Å². The van der Waals surface area contributed by atoms with Crippen LogP contribution >= 0.6 is 11.6 Å². The van der Waals surface area contributed by atoms with E-state index in [4.69, 9.17) is 11.6 Å². The Morgan fingerprint density at radius 3 is 2.31 bits per heavy atom. The van der Waals surface area contributed by atoms with E-state index >= 15 is 0 Å². The third kappa shape index (κ3) is 6.60. The van der Waals surface area contributed by atoms with E-state index in [9.17, 15) is 9.59 Å². The first-order valence-electron chi connectivity index (χ1n) is 10.2. The second kappa shape index (κ2) is 11.0. The number of hydrogen-bond acceptors (Lipinski definition) is 2. The first-order chi connectivity index (χ1) is 13.8. The molecule has 29 heavy (non-hydrogen) atoms. The van der Waals surface area contributed by atoms with Gasteiger partial charge in [0.2, 0.25) is 11.8 Å². The van der Waals surface area contributed by atoms with Crippen molar-refractivity contribution < 1.29 is 9.59 Å². The molecular formula is C24H31ClN2O2. The van der Waals surface area contributed by atoms with Crippen LogP contribution in [0.25, 0.3) is 0 Å². The summed E-state index contributed by atoms with van der Waals surface area (Å²) in [5, 5.41) is 3.53. The maximum atomic E-state index is 13.3. The standard InChI is InChI=1S/C24H31ClN2O2/c1-5-11-26-24(29)22(6-2)27(16-20-9-7-8-10-21(20)25)23(28)15-19-13-17(3)12-18(4)14-19/h7-10,12-14,22H,5-6,11,15-16H2,1-4H3,(H,26,29). The third-order valence-corrected chi connectivity index (χ3v) is 5.24. The highest BCUT2D eigenvalue weighted by Gasteiger charge is 2.28. The van der Waals surface area contributed by atoms with Gasteiger partial charge in [-0.25, -0.2) is 0 Å². The number of halogens is 1. The van der Waals surface area contributed by atoms with E-state index in [0.29, 0.717) is 24.5 Å². The van der Waals surface area contributed by atoms with Crippen LogP contribution in [0.5, 0.6) is 0 Å². The van der Waals surface area contributed by atoms with Crippen molar-refractivity contribution in [2.45, 2.75) is 59.5 Å². The molecule has 1 N–H and O–H groups in total. The minimum atomic E-state index is -0.531. The minimum Gasteiger partial charge on any atom is -0.354 e. The molecule has 0 bridgehead atoms. The van der Waals surface area contributed by atoms with E-state index in [1.54, 1.807) is 4.90 Å². The Morgan fingerprint density at radius 2 is 1.72 bits per heavy atom. The highest BCUT2D eigenvalue weighted by atomic mass is 35.5. The summed E-state index contributed by atoms with van der Waals surface area (Å²) >= 11 is 6.35. The normalized spacial score (nSPS) is 11.8. The Kier molecular flexibility index (Phi) is 8.71. The number of hydrogen-bond donors (Lipinski definition) is 1. The van der Waals surface area contributed by atoms with Crippen molar-refractivity contribution in [1.82, 2.24) is 10.2 Å². The second-order valence-electron chi connectivity index (χ2n) is 7.50. The quantitative estimate of drug-likeness (QED) is 0.638. The fraction of sp³-hybridized carbons (Fsp3) is 0.417. The first kappa shape index (κ1) is 23.0. The lowest BCUT2D eigenvalue weighted by Crippen LogP contribution is -2.49. The summed E-state index contributed by atoms with van der Waals surface area (Å²) in [6.45, 7) is 8.89. The van der Waals surface area contributed by atoms with E-state index in [0.717, 1.165) is 28.7 Å². The van der Waals surface area contributed by atoms with Gasteiger partial charge in [-0.05, 0) is 43.9 Å². The SMILES string of the molecule is CCCNC(=O)C(CC)N(Cc1ccccc1Cl)C(=O)Cc1cc(C)cc(C)c1. The van der Waals surface area contributed by atoms with Gasteiger partial charge in [0, 0.05) is 18.1 Å². The molecule has 0 spiro atoms. The molecule has 0 aliphatic heterocycles. The number of aryl methyl sites for hydroxylation is 2. The summed E-state index contributed by atoms with van der Waals surface area (Å²) in [5.41, 5.74) is 4.04. The van der Waals surface area contributed by atoms with Crippen LogP contribution in [0.2, 0.25) is 5.02 Å². The number of amides is 2. The highest BCUT2D eigenvalue weighted by Crippen LogP contribution is 2.21. The van der Waals surface area contributed by atoms with E-state index < -0.39 is 6.04 Å². The Bertz CT molecular complexity index is 830. The monoisotopic (exact) mass is 414 g/mol. The van der Waals surface area contributed by atoms with Crippen LogP contribution in [0.15, 0.2) is 42.5 Å². The van der Waals surface area contributed by atoms with Crippen molar-refractivity contribution in [1.29, 1.82) is 0 Å². The summed E-state index contributed by atoms with van der Waals surface area (Å²) in [6.07, 6.45) is 1.65. The molecule has 156 valence electrons. The maximum absolute atomic E-state index is 13.3. The Labute approximate surface area is 179 Å². The van der Waals surface area contributed by atoms with Crippen molar-refractivity contribution in [2.75, 3.05) is 6.54 Å². The average molecular weight is 415 g/mol. The van der Waals surface area contributed by atoms with Crippen molar-refractivity contribution in [3.8, 4) is 0 Å². The molecule has 1 unspecified atom stereocenters. The number of carbonyl (C=O) groups is 2. The predicted octanol–water partition coefficient (Wildman–Crippen LogP) is 4.83. The largest absolute Gasteiger partial charge is 0.354 e. The van der Waals surface area contributed by atoms with Crippen molar-refractivity contribution in [2.24, 2.45) is 0 Å². The fourth-order valence-corrected chi connectivity index (χ4v) is 3.74. The topological polar surface area (TPSA) is 49.4 Å². The van der Waals surface area contributed by atoms with Gasteiger partial charge in [0.15, 0.2) is 0 Å². The number of nitrogens with zero attached hydrogens (tertiary/aromatic N) is 1.